The molecule has 0 radical (unpaired) electrons. The molecule has 0 spiro atoms. The molecule has 0 saturated carbocycles. The lowest BCUT2D eigenvalue weighted by Crippen LogP contribution is -2.27. The molecule has 0 amide bonds. The second-order valence-electron chi connectivity index (χ2n) is 7.56. The summed E-state index contributed by atoms with van der Waals surface area (Å²) in [5.41, 5.74) is 4.98. The first-order valence-electron chi connectivity index (χ1n) is 10.6. The van der Waals surface area contributed by atoms with E-state index in [0.717, 1.165) is 39.9 Å². The van der Waals surface area contributed by atoms with Crippen LogP contribution in [0.25, 0.3) is 0 Å². The maximum absolute atomic E-state index is 5.59. The van der Waals surface area contributed by atoms with Crippen LogP contribution >= 0.6 is 0 Å². The molecule has 0 fully saturated rings. The Balaban J connectivity index is 1.95. The highest BCUT2D eigenvalue weighted by atomic mass is 16.5. The van der Waals surface area contributed by atoms with Gasteiger partial charge in [-0.15, -0.1) is 0 Å². The van der Waals surface area contributed by atoms with E-state index >= 15 is 0 Å². The SMILES string of the molecule is COc1ccccc1N=C(c1ccc(N(C)C)cc1)N(c1ccccc1)c1ccccc1. The van der Waals surface area contributed by atoms with Crippen LogP contribution in [0.4, 0.5) is 22.7 Å². The summed E-state index contributed by atoms with van der Waals surface area (Å²) in [6.07, 6.45) is 0. The van der Waals surface area contributed by atoms with Crippen LogP contribution in [0.5, 0.6) is 5.75 Å². The van der Waals surface area contributed by atoms with Gasteiger partial charge < -0.3 is 9.64 Å². The molecule has 4 rings (SSSR count). The predicted octanol–water partition coefficient (Wildman–Crippen LogP) is 6.68. The monoisotopic (exact) mass is 421 g/mol. The van der Waals surface area contributed by atoms with Crippen LogP contribution in [0.15, 0.2) is 114 Å². The molecule has 0 N–H and O–H groups in total. The summed E-state index contributed by atoms with van der Waals surface area (Å²) < 4.78 is 5.59. The Labute approximate surface area is 190 Å². The molecule has 4 heteroatoms. The standard InChI is InChI=1S/C28H27N3O/c1-30(2)23-20-18-22(19-21-23)28(29-26-16-10-11-17-27(26)32-3)31(24-12-6-4-7-13-24)25-14-8-5-9-15-25/h4-21H,1-3H3. The van der Waals surface area contributed by atoms with Crippen LogP contribution in [-0.2, 0) is 0 Å². The van der Waals surface area contributed by atoms with Gasteiger partial charge in [0.05, 0.1) is 7.11 Å². The molecular formula is C28H27N3O. The van der Waals surface area contributed by atoms with Crippen molar-refractivity contribution in [2.75, 3.05) is 31.0 Å². The van der Waals surface area contributed by atoms with Crippen LogP contribution in [0, 0.1) is 0 Å². The van der Waals surface area contributed by atoms with Gasteiger partial charge in [-0.3, -0.25) is 4.90 Å². The number of methoxy groups -OCH3 is 1. The fraction of sp³-hybridized carbons (Fsp3) is 0.107. The van der Waals surface area contributed by atoms with Crippen molar-refractivity contribution in [2.24, 2.45) is 4.99 Å². The number of rotatable bonds is 6. The van der Waals surface area contributed by atoms with E-state index in [2.05, 4.69) is 58.3 Å². The number of aliphatic imine (C=N–C) groups is 1. The topological polar surface area (TPSA) is 28.1 Å². The number of para-hydroxylation sites is 4. The zero-order chi connectivity index (χ0) is 22.3. The molecule has 4 aromatic rings. The average Bonchev–Trinajstić information content (AvgIpc) is 2.85. The van der Waals surface area contributed by atoms with Crippen LogP contribution in [0.3, 0.4) is 0 Å². The second-order valence-corrected chi connectivity index (χ2v) is 7.56. The second kappa shape index (κ2) is 9.84. The molecule has 0 heterocycles. The van der Waals surface area contributed by atoms with Gasteiger partial charge >= 0.3 is 0 Å². The molecule has 0 aliphatic heterocycles. The zero-order valence-corrected chi connectivity index (χ0v) is 18.6. The highest BCUT2D eigenvalue weighted by molar-refractivity contribution is 6.15. The van der Waals surface area contributed by atoms with Gasteiger partial charge in [-0.2, -0.15) is 0 Å². The highest BCUT2D eigenvalue weighted by Crippen LogP contribution is 2.33. The van der Waals surface area contributed by atoms with E-state index < -0.39 is 0 Å². The largest absolute Gasteiger partial charge is 0.494 e. The summed E-state index contributed by atoms with van der Waals surface area (Å²) in [6.45, 7) is 0. The number of ether oxygens (including phenoxy) is 1. The van der Waals surface area contributed by atoms with Gasteiger partial charge in [-0.1, -0.05) is 48.5 Å². The molecule has 4 nitrogen and oxygen atoms in total. The molecule has 0 unspecified atom stereocenters. The summed E-state index contributed by atoms with van der Waals surface area (Å²) in [6, 6.07) is 36.9. The fourth-order valence-corrected chi connectivity index (χ4v) is 3.54. The van der Waals surface area contributed by atoms with Gasteiger partial charge in [-0.25, -0.2) is 4.99 Å². The summed E-state index contributed by atoms with van der Waals surface area (Å²) in [4.78, 5) is 9.40. The lowest BCUT2D eigenvalue weighted by atomic mass is 10.1. The van der Waals surface area contributed by atoms with Crippen molar-refractivity contribution in [1.29, 1.82) is 0 Å². The number of nitrogens with zero attached hydrogens (tertiary/aromatic N) is 3. The van der Waals surface area contributed by atoms with E-state index in [4.69, 9.17) is 9.73 Å². The highest BCUT2D eigenvalue weighted by Gasteiger charge is 2.19. The Morgan fingerprint density at radius 1 is 0.625 bits per heavy atom. The molecular weight excluding hydrogens is 394 g/mol. The van der Waals surface area contributed by atoms with Crippen molar-refractivity contribution < 1.29 is 4.74 Å². The van der Waals surface area contributed by atoms with Gasteiger partial charge in [0.2, 0.25) is 0 Å². The van der Waals surface area contributed by atoms with Gasteiger partial charge in [0.1, 0.15) is 17.3 Å². The first-order chi connectivity index (χ1) is 15.7. The van der Waals surface area contributed by atoms with Crippen molar-refractivity contribution in [3.63, 3.8) is 0 Å². The molecule has 0 aliphatic carbocycles. The lowest BCUT2D eigenvalue weighted by Gasteiger charge is -2.27. The maximum Gasteiger partial charge on any atom is 0.145 e. The predicted molar refractivity (Wildman–Crippen MR) is 135 cm³/mol. The molecule has 160 valence electrons. The van der Waals surface area contributed by atoms with Crippen molar-refractivity contribution in [1.82, 2.24) is 0 Å². The summed E-state index contributed by atoms with van der Waals surface area (Å²) in [7, 11) is 5.75. The first kappa shape index (κ1) is 21.2. The zero-order valence-electron chi connectivity index (χ0n) is 18.6. The van der Waals surface area contributed by atoms with Crippen molar-refractivity contribution in [2.45, 2.75) is 0 Å². The number of amidine groups is 1. The summed E-state index contributed by atoms with van der Waals surface area (Å²) >= 11 is 0. The van der Waals surface area contributed by atoms with Gasteiger partial charge in [-0.05, 0) is 60.7 Å². The minimum absolute atomic E-state index is 0.732. The van der Waals surface area contributed by atoms with E-state index in [1.54, 1.807) is 7.11 Å². The maximum atomic E-state index is 5.59. The normalized spacial score (nSPS) is 11.2. The molecule has 0 atom stereocenters. The van der Waals surface area contributed by atoms with E-state index in [1.165, 1.54) is 0 Å². The Hall–Kier alpha value is -4.05. The van der Waals surface area contributed by atoms with Crippen LogP contribution in [0.2, 0.25) is 0 Å². The third-order valence-electron chi connectivity index (χ3n) is 5.19. The molecule has 32 heavy (non-hydrogen) atoms. The third-order valence-corrected chi connectivity index (χ3v) is 5.19. The fourth-order valence-electron chi connectivity index (χ4n) is 3.54. The Morgan fingerprint density at radius 3 is 1.69 bits per heavy atom. The molecule has 0 saturated heterocycles. The van der Waals surface area contributed by atoms with E-state index in [1.807, 2.05) is 74.8 Å². The molecule has 0 aromatic heterocycles. The molecule has 0 bridgehead atoms. The van der Waals surface area contributed by atoms with E-state index in [0.29, 0.717) is 0 Å². The van der Waals surface area contributed by atoms with Crippen molar-refractivity contribution in [3.05, 3.63) is 115 Å². The van der Waals surface area contributed by atoms with Crippen molar-refractivity contribution in [3.8, 4) is 5.75 Å². The third kappa shape index (κ3) is 4.65. The van der Waals surface area contributed by atoms with Gasteiger partial charge in [0.15, 0.2) is 0 Å². The number of hydrogen-bond acceptors (Lipinski definition) is 3. The minimum atomic E-state index is 0.732. The number of benzene rings is 4. The number of hydrogen-bond donors (Lipinski definition) is 0. The van der Waals surface area contributed by atoms with E-state index in [9.17, 15) is 0 Å². The first-order valence-corrected chi connectivity index (χ1v) is 10.6. The van der Waals surface area contributed by atoms with Crippen LogP contribution in [0.1, 0.15) is 5.56 Å². The quantitative estimate of drug-likeness (QED) is 0.257. The smallest absolute Gasteiger partial charge is 0.145 e. The Morgan fingerprint density at radius 2 is 1.16 bits per heavy atom. The lowest BCUT2D eigenvalue weighted by molar-refractivity contribution is 0.416. The van der Waals surface area contributed by atoms with Crippen molar-refractivity contribution >= 4 is 28.6 Å². The average molecular weight is 422 g/mol. The summed E-state index contributed by atoms with van der Waals surface area (Å²) in [5, 5.41) is 0. The van der Waals surface area contributed by atoms with Gasteiger partial charge in [0, 0.05) is 36.7 Å². The van der Waals surface area contributed by atoms with E-state index in [-0.39, 0.29) is 0 Å². The minimum Gasteiger partial charge on any atom is -0.494 e. The molecule has 4 aromatic carbocycles. The van der Waals surface area contributed by atoms with Crippen LogP contribution < -0.4 is 14.5 Å². The Kier molecular flexibility index (Phi) is 6.52. The number of anilines is 3. The Bertz CT molecular complexity index is 1130. The van der Waals surface area contributed by atoms with Crippen LogP contribution in [-0.4, -0.2) is 27.0 Å². The molecule has 0 aliphatic rings. The summed E-state index contributed by atoms with van der Waals surface area (Å²) in [5.74, 6) is 1.55. The van der Waals surface area contributed by atoms with Gasteiger partial charge in [0.25, 0.3) is 0 Å².